The van der Waals surface area contributed by atoms with Crippen LogP contribution in [0.2, 0.25) is 0 Å². The fourth-order valence-electron chi connectivity index (χ4n) is 2.69. The molecule has 1 heterocycles. The van der Waals surface area contributed by atoms with Crippen LogP contribution in [0.4, 0.5) is 11.5 Å². The molecule has 0 amide bonds. The van der Waals surface area contributed by atoms with Gasteiger partial charge in [0.25, 0.3) is 0 Å². The van der Waals surface area contributed by atoms with E-state index in [1.807, 2.05) is 78.9 Å². The standard InChI is InChI=1S/C21H15N3O/c25-21(15-8-2-1-3-9-15)16-10-4-5-11-17(16)23-20-14-22-18-12-6-7-13-19(18)24-20/h1-14H,(H,23,24). The normalized spacial score (nSPS) is 10.6. The van der Waals surface area contributed by atoms with E-state index in [1.54, 1.807) is 6.20 Å². The Labute approximate surface area is 145 Å². The minimum atomic E-state index is -0.0301. The maximum absolute atomic E-state index is 12.8. The van der Waals surface area contributed by atoms with Gasteiger partial charge in [-0.2, -0.15) is 0 Å². The second-order valence-electron chi connectivity index (χ2n) is 5.61. The fraction of sp³-hybridized carbons (Fsp3) is 0. The summed E-state index contributed by atoms with van der Waals surface area (Å²) < 4.78 is 0. The summed E-state index contributed by atoms with van der Waals surface area (Å²) in [6, 6.07) is 24.3. The van der Waals surface area contributed by atoms with Gasteiger partial charge in [0.2, 0.25) is 0 Å². The summed E-state index contributed by atoms with van der Waals surface area (Å²) in [5, 5.41) is 3.22. The minimum Gasteiger partial charge on any atom is -0.338 e. The number of hydrogen-bond acceptors (Lipinski definition) is 4. The van der Waals surface area contributed by atoms with Gasteiger partial charge in [0, 0.05) is 11.1 Å². The molecule has 0 unspecified atom stereocenters. The number of anilines is 2. The Morgan fingerprint density at radius 3 is 2.28 bits per heavy atom. The molecule has 4 rings (SSSR count). The zero-order chi connectivity index (χ0) is 17.1. The summed E-state index contributed by atoms with van der Waals surface area (Å²) in [5.41, 5.74) is 3.60. The molecule has 0 spiro atoms. The Bertz CT molecular complexity index is 1040. The summed E-state index contributed by atoms with van der Waals surface area (Å²) in [4.78, 5) is 21.8. The Morgan fingerprint density at radius 2 is 1.44 bits per heavy atom. The number of rotatable bonds is 4. The van der Waals surface area contributed by atoms with E-state index in [2.05, 4.69) is 15.3 Å². The first-order chi connectivity index (χ1) is 12.3. The molecule has 0 aliphatic carbocycles. The number of benzene rings is 3. The molecule has 120 valence electrons. The van der Waals surface area contributed by atoms with Gasteiger partial charge in [0.05, 0.1) is 22.9 Å². The van der Waals surface area contributed by atoms with E-state index in [0.717, 1.165) is 11.0 Å². The van der Waals surface area contributed by atoms with E-state index in [9.17, 15) is 4.79 Å². The first-order valence-electron chi connectivity index (χ1n) is 7.99. The average Bonchev–Trinajstić information content (AvgIpc) is 2.68. The summed E-state index contributed by atoms with van der Waals surface area (Å²) in [5.74, 6) is 0.574. The zero-order valence-corrected chi connectivity index (χ0v) is 13.4. The molecular weight excluding hydrogens is 310 g/mol. The van der Waals surface area contributed by atoms with Gasteiger partial charge in [0.15, 0.2) is 5.78 Å². The van der Waals surface area contributed by atoms with E-state index in [4.69, 9.17) is 0 Å². The van der Waals surface area contributed by atoms with Crippen molar-refractivity contribution in [2.45, 2.75) is 0 Å². The Hall–Kier alpha value is -3.53. The molecule has 0 bridgehead atoms. The molecule has 3 aromatic carbocycles. The Balaban J connectivity index is 1.70. The van der Waals surface area contributed by atoms with Crippen LogP contribution >= 0.6 is 0 Å². The summed E-state index contributed by atoms with van der Waals surface area (Å²) in [6.45, 7) is 0. The number of para-hydroxylation sites is 3. The molecular formula is C21H15N3O. The van der Waals surface area contributed by atoms with Gasteiger partial charge < -0.3 is 5.32 Å². The van der Waals surface area contributed by atoms with Crippen molar-refractivity contribution in [2.75, 3.05) is 5.32 Å². The van der Waals surface area contributed by atoms with Crippen LogP contribution in [0.25, 0.3) is 11.0 Å². The molecule has 0 fully saturated rings. The monoisotopic (exact) mass is 325 g/mol. The highest BCUT2D eigenvalue weighted by molar-refractivity contribution is 6.12. The smallest absolute Gasteiger partial charge is 0.195 e. The number of carbonyl (C=O) groups is 1. The van der Waals surface area contributed by atoms with E-state index >= 15 is 0 Å². The molecule has 0 aliphatic rings. The maximum Gasteiger partial charge on any atom is 0.195 e. The average molecular weight is 325 g/mol. The second kappa shape index (κ2) is 6.53. The fourth-order valence-corrected chi connectivity index (χ4v) is 2.69. The van der Waals surface area contributed by atoms with Gasteiger partial charge in [-0.3, -0.25) is 9.78 Å². The highest BCUT2D eigenvalue weighted by Gasteiger charge is 2.13. The summed E-state index contributed by atoms with van der Waals surface area (Å²) in [6.07, 6.45) is 1.67. The topological polar surface area (TPSA) is 54.9 Å². The number of aromatic nitrogens is 2. The first-order valence-corrected chi connectivity index (χ1v) is 7.99. The molecule has 4 nitrogen and oxygen atoms in total. The predicted molar refractivity (Wildman–Crippen MR) is 99.1 cm³/mol. The number of nitrogens with one attached hydrogen (secondary N) is 1. The molecule has 0 radical (unpaired) electrons. The SMILES string of the molecule is O=C(c1ccccc1)c1ccccc1Nc1cnc2ccccc2n1. The van der Waals surface area contributed by atoms with Gasteiger partial charge >= 0.3 is 0 Å². The van der Waals surface area contributed by atoms with Crippen LogP contribution < -0.4 is 5.32 Å². The molecule has 0 atom stereocenters. The molecule has 1 N–H and O–H groups in total. The van der Waals surface area contributed by atoms with Crippen molar-refractivity contribution in [3.63, 3.8) is 0 Å². The quantitative estimate of drug-likeness (QED) is 0.557. The van der Waals surface area contributed by atoms with Gasteiger partial charge in [-0.15, -0.1) is 0 Å². The largest absolute Gasteiger partial charge is 0.338 e. The van der Waals surface area contributed by atoms with Crippen LogP contribution in [0.15, 0.2) is 85.1 Å². The second-order valence-corrected chi connectivity index (χ2v) is 5.61. The Morgan fingerprint density at radius 1 is 0.760 bits per heavy atom. The van der Waals surface area contributed by atoms with Crippen molar-refractivity contribution in [3.8, 4) is 0 Å². The molecule has 1 aromatic heterocycles. The molecule has 0 saturated heterocycles. The lowest BCUT2D eigenvalue weighted by Crippen LogP contribution is -2.06. The van der Waals surface area contributed by atoms with E-state index < -0.39 is 0 Å². The molecule has 25 heavy (non-hydrogen) atoms. The molecule has 0 saturated carbocycles. The number of carbonyl (C=O) groups excluding carboxylic acids is 1. The van der Waals surface area contributed by atoms with Crippen LogP contribution in [0.5, 0.6) is 0 Å². The van der Waals surface area contributed by atoms with E-state index in [-0.39, 0.29) is 5.78 Å². The first kappa shape index (κ1) is 15.0. The lowest BCUT2D eigenvalue weighted by molar-refractivity contribution is 0.103. The third-order valence-corrected chi connectivity index (χ3v) is 3.92. The third kappa shape index (κ3) is 3.10. The summed E-state index contributed by atoms with van der Waals surface area (Å²) >= 11 is 0. The predicted octanol–water partition coefficient (Wildman–Crippen LogP) is 4.60. The van der Waals surface area contributed by atoms with Gasteiger partial charge in [-0.1, -0.05) is 54.6 Å². The molecule has 4 heteroatoms. The van der Waals surface area contributed by atoms with Crippen LogP contribution in [0.3, 0.4) is 0 Å². The van der Waals surface area contributed by atoms with Gasteiger partial charge in [-0.25, -0.2) is 4.98 Å². The number of fused-ring (bicyclic) bond motifs is 1. The van der Waals surface area contributed by atoms with Crippen molar-refractivity contribution in [2.24, 2.45) is 0 Å². The maximum atomic E-state index is 12.8. The number of hydrogen-bond donors (Lipinski definition) is 1. The third-order valence-electron chi connectivity index (χ3n) is 3.92. The summed E-state index contributed by atoms with van der Waals surface area (Å²) in [7, 11) is 0. The molecule has 4 aromatic rings. The zero-order valence-electron chi connectivity index (χ0n) is 13.4. The van der Waals surface area contributed by atoms with Crippen molar-refractivity contribution in [1.29, 1.82) is 0 Å². The van der Waals surface area contributed by atoms with Crippen molar-refractivity contribution >= 4 is 28.3 Å². The van der Waals surface area contributed by atoms with Crippen LogP contribution in [-0.2, 0) is 0 Å². The number of nitrogens with zero attached hydrogens (tertiary/aromatic N) is 2. The highest BCUT2D eigenvalue weighted by atomic mass is 16.1. The van der Waals surface area contributed by atoms with Crippen molar-refractivity contribution < 1.29 is 4.79 Å². The van der Waals surface area contributed by atoms with Crippen LogP contribution in [0.1, 0.15) is 15.9 Å². The van der Waals surface area contributed by atoms with E-state index in [1.165, 1.54) is 0 Å². The van der Waals surface area contributed by atoms with Crippen molar-refractivity contribution in [1.82, 2.24) is 9.97 Å². The highest BCUT2D eigenvalue weighted by Crippen LogP contribution is 2.23. The number of ketones is 1. The lowest BCUT2D eigenvalue weighted by atomic mass is 10.0. The van der Waals surface area contributed by atoms with Crippen LogP contribution in [0, 0.1) is 0 Å². The van der Waals surface area contributed by atoms with Gasteiger partial charge in [-0.05, 0) is 24.3 Å². The van der Waals surface area contributed by atoms with Crippen molar-refractivity contribution in [3.05, 3.63) is 96.2 Å². The lowest BCUT2D eigenvalue weighted by Gasteiger charge is -2.11. The van der Waals surface area contributed by atoms with E-state index in [0.29, 0.717) is 22.6 Å². The van der Waals surface area contributed by atoms with Gasteiger partial charge in [0.1, 0.15) is 5.82 Å². The Kier molecular flexibility index (Phi) is 3.92. The molecule has 0 aliphatic heterocycles. The van der Waals surface area contributed by atoms with Crippen LogP contribution in [-0.4, -0.2) is 15.8 Å². The minimum absolute atomic E-state index is 0.0301.